The van der Waals surface area contributed by atoms with E-state index in [2.05, 4.69) is 10.4 Å². The maximum atomic E-state index is 11.7. The van der Waals surface area contributed by atoms with Gasteiger partial charge in [-0.05, 0) is 12.0 Å². The molecule has 1 aromatic carbocycles. The van der Waals surface area contributed by atoms with Crippen LogP contribution in [-0.4, -0.2) is 36.1 Å². The maximum Gasteiger partial charge on any atom is 0.407 e. The van der Waals surface area contributed by atoms with Gasteiger partial charge >= 0.3 is 6.09 Å². The molecule has 7 heteroatoms. The number of alkyl carbamates (subject to hydrolysis) is 1. The van der Waals surface area contributed by atoms with Crippen molar-refractivity contribution in [2.45, 2.75) is 19.1 Å². The Labute approximate surface area is 117 Å². The van der Waals surface area contributed by atoms with Crippen LogP contribution in [0, 0.1) is 0 Å². The molecule has 1 aromatic rings. The summed E-state index contributed by atoms with van der Waals surface area (Å²) in [6.07, 6.45) is 0.361. The summed E-state index contributed by atoms with van der Waals surface area (Å²) in [6.45, 7) is 1.57. The van der Waals surface area contributed by atoms with Crippen LogP contribution in [0.1, 0.15) is 12.0 Å². The fourth-order valence-electron chi connectivity index (χ4n) is 2.10. The SMILES string of the molecule is N/N=C(/N)N1CC[C@@H](NC(=O)OCc2ccccc2)C1. The number of nitrogens with two attached hydrogens (primary N) is 2. The van der Waals surface area contributed by atoms with Gasteiger partial charge in [0.05, 0.1) is 6.04 Å². The van der Waals surface area contributed by atoms with Crippen LogP contribution >= 0.6 is 0 Å². The molecule has 1 atom stereocenters. The number of carbonyl (C=O) groups excluding carboxylic acids is 1. The number of guanidine groups is 1. The van der Waals surface area contributed by atoms with Crippen LogP contribution in [0.4, 0.5) is 4.79 Å². The number of amides is 1. The van der Waals surface area contributed by atoms with Crippen molar-refractivity contribution in [2.75, 3.05) is 13.1 Å². The Hall–Kier alpha value is -2.44. The highest BCUT2D eigenvalue weighted by Gasteiger charge is 2.25. The van der Waals surface area contributed by atoms with Crippen LogP contribution in [0.25, 0.3) is 0 Å². The van der Waals surface area contributed by atoms with Gasteiger partial charge in [0.25, 0.3) is 0 Å². The van der Waals surface area contributed by atoms with Crippen molar-refractivity contribution < 1.29 is 9.53 Å². The first-order valence-electron chi connectivity index (χ1n) is 6.44. The summed E-state index contributed by atoms with van der Waals surface area (Å²) in [5, 5.41) is 6.24. The van der Waals surface area contributed by atoms with E-state index in [0.29, 0.717) is 6.54 Å². The van der Waals surface area contributed by atoms with Gasteiger partial charge < -0.3 is 26.5 Å². The Bertz CT molecular complexity index is 477. The highest BCUT2D eigenvalue weighted by atomic mass is 16.5. The summed E-state index contributed by atoms with van der Waals surface area (Å²) in [6, 6.07) is 9.53. The van der Waals surface area contributed by atoms with E-state index in [4.69, 9.17) is 16.3 Å². The fraction of sp³-hybridized carbons (Fsp3) is 0.385. The van der Waals surface area contributed by atoms with Crippen molar-refractivity contribution in [3.8, 4) is 0 Å². The first-order valence-corrected chi connectivity index (χ1v) is 6.44. The first kappa shape index (κ1) is 14.0. The van der Waals surface area contributed by atoms with Crippen LogP contribution in [0.2, 0.25) is 0 Å². The van der Waals surface area contributed by atoms with Gasteiger partial charge in [-0.1, -0.05) is 30.3 Å². The van der Waals surface area contributed by atoms with E-state index in [1.165, 1.54) is 0 Å². The molecule has 0 aromatic heterocycles. The van der Waals surface area contributed by atoms with Crippen LogP contribution in [0.15, 0.2) is 35.4 Å². The van der Waals surface area contributed by atoms with Crippen molar-refractivity contribution in [1.29, 1.82) is 0 Å². The van der Waals surface area contributed by atoms with Gasteiger partial charge in [-0.15, -0.1) is 5.10 Å². The van der Waals surface area contributed by atoms with Crippen LogP contribution in [0.5, 0.6) is 0 Å². The minimum absolute atomic E-state index is 0.00132. The Morgan fingerprint density at radius 2 is 2.20 bits per heavy atom. The van der Waals surface area contributed by atoms with Gasteiger partial charge in [0, 0.05) is 13.1 Å². The predicted octanol–water partition coefficient (Wildman–Crippen LogP) is 0.176. The monoisotopic (exact) mass is 277 g/mol. The molecule has 0 radical (unpaired) electrons. The molecule has 1 saturated heterocycles. The van der Waals surface area contributed by atoms with Gasteiger partial charge in [0.1, 0.15) is 6.61 Å². The molecule has 0 spiro atoms. The summed E-state index contributed by atoms with van der Waals surface area (Å²) in [4.78, 5) is 13.5. The number of nitrogens with one attached hydrogen (secondary N) is 1. The lowest BCUT2D eigenvalue weighted by atomic mass is 10.2. The lowest BCUT2D eigenvalue weighted by Gasteiger charge is -2.16. The summed E-state index contributed by atoms with van der Waals surface area (Å²) >= 11 is 0. The number of hydrazone groups is 1. The molecule has 2 rings (SSSR count). The summed E-state index contributed by atoms with van der Waals surface area (Å²) in [5.74, 6) is 5.40. The summed E-state index contributed by atoms with van der Waals surface area (Å²) in [5.41, 5.74) is 6.57. The largest absolute Gasteiger partial charge is 0.445 e. The maximum absolute atomic E-state index is 11.7. The Morgan fingerprint density at radius 1 is 1.45 bits per heavy atom. The van der Waals surface area contributed by atoms with Crippen molar-refractivity contribution in [1.82, 2.24) is 10.2 Å². The molecule has 0 bridgehead atoms. The third kappa shape index (κ3) is 3.78. The second kappa shape index (κ2) is 6.65. The van der Waals surface area contributed by atoms with Gasteiger partial charge in [-0.25, -0.2) is 4.79 Å². The third-order valence-electron chi connectivity index (χ3n) is 3.18. The number of nitrogens with zero attached hydrogens (tertiary/aromatic N) is 2. The molecule has 1 heterocycles. The van der Waals surface area contributed by atoms with Gasteiger partial charge in [0.15, 0.2) is 0 Å². The molecule has 0 aliphatic carbocycles. The molecule has 7 nitrogen and oxygen atoms in total. The van der Waals surface area contributed by atoms with Crippen LogP contribution in [-0.2, 0) is 11.3 Å². The zero-order valence-electron chi connectivity index (χ0n) is 11.2. The highest BCUT2D eigenvalue weighted by molar-refractivity contribution is 5.78. The molecule has 20 heavy (non-hydrogen) atoms. The van der Waals surface area contributed by atoms with E-state index < -0.39 is 6.09 Å². The Balaban J connectivity index is 1.73. The first-order chi connectivity index (χ1) is 9.69. The van der Waals surface area contributed by atoms with Gasteiger partial charge in [-0.3, -0.25) is 0 Å². The average Bonchev–Trinajstić information content (AvgIpc) is 2.94. The molecule has 5 N–H and O–H groups in total. The standard InChI is InChI=1S/C13H19N5O2/c14-12(17-15)18-7-6-11(8-18)16-13(19)20-9-10-4-2-1-3-5-10/h1-5,11H,6-9,15H2,(H2,14,17)(H,16,19)/t11-/m1/s1. The van der Waals surface area contributed by atoms with Crippen molar-refractivity contribution in [3.63, 3.8) is 0 Å². The topological polar surface area (TPSA) is 106 Å². The van der Waals surface area contributed by atoms with E-state index in [-0.39, 0.29) is 18.6 Å². The second-order valence-electron chi connectivity index (χ2n) is 4.62. The number of rotatable bonds is 3. The molecule has 0 saturated carbocycles. The van der Waals surface area contributed by atoms with E-state index in [1.807, 2.05) is 35.2 Å². The lowest BCUT2D eigenvalue weighted by Crippen LogP contribution is -2.41. The zero-order chi connectivity index (χ0) is 14.4. The Kier molecular flexibility index (Phi) is 4.65. The summed E-state index contributed by atoms with van der Waals surface area (Å²) in [7, 11) is 0. The predicted molar refractivity (Wildman–Crippen MR) is 75.6 cm³/mol. The zero-order valence-corrected chi connectivity index (χ0v) is 11.2. The number of likely N-dealkylation sites (tertiary alicyclic amines) is 1. The smallest absolute Gasteiger partial charge is 0.407 e. The molecular weight excluding hydrogens is 258 g/mol. The van der Waals surface area contributed by atoms with Crippen LogP contribution in [0.3, 0.4) is 0 Å². The average molecular weight is 277 g/mol. The van der Waals surface area contributed by atoms with Crippen molar-refractivity contribution in [2.24, 2.45) is 16.7 Å². The fourth-order valence-corrected chi connectivity index (χ4v) is 2.10. The van der Waals surface area contributed by atoms with Crippen LogP contribution < -0.4 is 16.9 Å². The lowest BCUT2D eigenvalue weighted by molar-refractivity contribution is 0.136. The quantitative estimate of drug-likeness (QED) is 0.316. The van der Waals surface area contributed by atoms with E-state index in [9.17, 15) is 4.79 Å². The van der Waals surface area contributed by atoms with E-state index in [1.54, 1.807) is 0 Å². The molecule has 1 fully saturated rings. The molecule has 1 aliphatic heterocycles. The highest BCUT2D eigenvalue weighted by Crippen LogP contribution is 2.09. The second-order valence-corrected chi connectivity index (χ2v) is 4.62. The van der Waals surface area contributed by atoms with Gasteiger partial charge in [-0.2, -0.15) is 0 Å². The number of hydrogen-bond acceptors (Lipinski definition) is 4. The molecule has 0 unspecified atom stereocenters. The number of hydrogen-bond donors (Lipinski definition) is 3. The number of carbonyl (C=O) groups is 1. The minimum Gasteiger partial charge on any atom is -0.445 e. The van der Waals surface area contributed by atoms with E-state index >= 15 is 0 Å². The molecular formula is C13H19N5O2. The molecule has 108 valence electrons. The Morgan fingerprint density at radius 3 is 2.90 bits per heavy atom. The minimum atomic E-state index is -0.427. The van der Waals surface area contributed by atoms with Crippen molar-refractivity contribution in [3.05, 3.63) is 35.9 Å². The third-order valence-corrected chi connectivity index (χ3v) is 3.18. The normalized spacial score (nSPS) is 18.9. The molecule has 1 amide bonds. The summed E-state index contributed by atoms with van der Waals surface area (Å²) < 4.78 is 5.16. The molecule has 1 aliphatic rings. The van der Waals surface area contributed by atoms with Crippen molar-refractivity contribution >= 4 is 12.1 Å². The van der Waals surface area contributed by atoms with E-state index in [0.717, 1.165) is 18.5 Å². The number of benzene rings is 1. The van der Waals surface area contributed by atoms with Gasteiger partial charge in [0.2, 0.25) is 5.96 Å². The number of ether oxygens (including phenoxy) is 1.